The number of aromatic nitrogens is 2. The summed E-state index contributed by atoms with van der Waals surface area (Å²) in [5, 5.41) is 0. The van der Waals surface area contributed by atoms with Crippen molar-refractivity contribution in [2.24, 2.45) is 0 Å². The summed E-state index contributed by atoms with van der Waals surface area (Å²) >= 11 is 0. The molecule has 0 bridgehead atoms. The van der Waals surface area contributed by atoms with Crippen molar-refractivity contribution < 1.29 is 19.3 Å². The quantitative estimate of drug-likeness (QED) is 0.735. The lowest BCUT2D eigenvalue weighted by Gasteiger charge is -2.01. The lowest BCUT2D eigenvalue weighted by molar-refractivity contribution is -0.141. The Balaban J connectivity index is 1.83. The van der Waals surface area contributed by atoms with E-state index in [1.165, 1.54) is 9.46 Å². The Morgan fingerprint density at radius 3 is 1.39 bits per heavy atom. The first-order valence-electron chi connectivity index (χ1n) is 5.13. The van der Waals surface area contributed by atoms with Gasteiger partial charge >= 0.3 is 11.9 Å². The van der Waals surface area contributed by atoms with E-state index >= 15 is 0 Å². The summed E-state index contributed by atoms with van der Waals surface area (Å²) in [7, 11) is 0. The van der Waals surface area contributed by atoms with Crippen molar-refractivity contribution in [2.75, 3.05) is 0 Å². The highest BCUT2D eigenvalue weighted by molar-refractivity contribution is 5.91. The second-order valence-electron chi connectivity index (χ2n) is 3.24. The Hall–Kier alpha value is -2.76. The molecular formula is C12H10N2O4. The number of rotatable bonds is 4. The van der Waals surface area contributed by atoms with Crippen LogP contribution in [-0.2, 0) is 9.59 Å². The van der Waals surface area contributed by atoms with Gasteiger partial charge in [0.2, 0.25) is 0 Å². The number of hydrogen-bond acceptors (Lipinski definition) is 4. The van der Waals surface area contributed by atoms with Crippen LogP contribution in [0.15, 0.2) is 61.2 Å². The summed E-state index contributed by atoms with van der Waals surface area (Å²) in [6.45, 7) is 0. The molecule has 0 atom stereocenters. The molecule has 92 valence electrons. The maximum atomic E-state index is 11.3. The summed E-state index contributed by atoms with van der Waals surface area (Å²) in [4.78, 5) is 32.2. The van der Waals surface area contributed by atoms with Gasteiger partial charge in [-0.2, -0.15) is 9.46 Å². The van der Waals surface area contributed by atoms with Gasteiger partial charge in [-0.05, 0) is 24.3 Å². The highest BCUT2D eigenvalue weighted by atomic mass is 16.7. The highest BCUT2D eigenvalue weighted by Gasteiger charge is 2.02. The molecule has 0 saturated carbocycles. The number of nitrogens with zero attached hydrogens (tertiary/aromatic N) is 2. The summed E-state index contributed by atoms with van der Waals surface area (Å²) < 4.78 is 2.45. The Morgan fingerprint density at radius 1 is 0.722 bits per heavy atom. The van der Waals surface area contributed by atoms with E-state index in [9.17, 15) is 9.59 Å². The lowest BCUT2D eigenvalue weighted by Crippen LogP contribution is -2.18. The van der Waals surface area contributed by atoms with Crippen molar-refractivity contribution in [3.05, 3.63) is 61.2 Å². The normalized spacial score (nSPS) is 10.4. The average molecular weight is 246 g/mol. The number of carbonyl (C=O) groups is 2. The van der Waals surface area contributed by atoms with Crippen LogP contribution in [0.2, 0.25) is 0 Å². The first-order valence-corrected chi connectivity index (χ1v) is 5.13. The van der Waals surface area contributed by atoms with E-state index in [0.717, 1.165) is 12.2 Å². The molecule has 0 saturated heterocycles. The minimum absolute atomic E-state index is 0.671. The van der Waals surface area contributed by atoms with E-state index in [-0.39, 0.29) is 0 Å². The Labute approximate surface area is 103 Å². The van der Waals surface area contributed by atoms with E-state index in [2.05, 4.69) is 0 Å². The molecule has 2 aromatic rings. The topological polar surface area (TPSA) is 62.5 Å². The average Bonchev–Trinajstić information content (AvgIpc) is 2.99. The number of carbonyl (C=O) groups excluding carboxylic acids is 2. The molecular weight excluding hydrogens is 236 g/mol. The van der Waals surface area contributed by atoms with Gasteiger partial charge in [0, 0.05) is 36.9 Å². The molecule has 0 N–H and O–H groups in total. The zero-order valence-corrected chi connectivity index (χ0v) is 9.30. The van der Waals surface area contributed by atoms with E-state index < -0.39 is 11.9 Å². The molecule has 0 fully saturated rings. The van der Waals surface area contributed by atoms with Crippen LogP contribution in [0.3, 0.4) is 0 Å². The first kappa shape index (κ1) is 11.7. The van der Waals surface area contributed by atoms with Crippen LogP contribution in [0.1, 0.15) is 0 Å². The van der Waals surface area contributed by atoms with Crippen molar-refractivity contribution in [1.29, 1.82) is 0 Å². The zero-order chi connectivity index (χ0) is 12.8. The maximum Gasteiger partial charge on any atom is 0.356 e. The van der Waals surface area contributed by atoms with Gasteiger partial charge in [0.15, 0.2) is 0 Å². The molecule has 0 unspecified atom stereocenters. The monoisotopic (exact) mass is 246 g/mol. The van der Waals surface area contributed by atoms with Crippen LogP contribution in [0.25, 0.3) is 0 Å². The Kier molecular flexibility index (Phi) is 3.60. The fourth-order valence-electron chi connectivity index (χ4n) is 1.16. The van der Waals surface area contributed by atoms with Gasteiger partial charge in [0.1, 0.15) is 0 Å². The standard InChI is InChI=1S/C12H10N2O4/c15-11(17-13-7-1-2-8-13)5-6-12(16)18-14-9-3-4-10-14/h1-10H/b6-5-. The molecule has 0 aliphatic heterocycles. The van der Waals surface area contributed by atoms with Crippen molar-refractivity contribution >= 4 is 11.9 Å². The third-order valence-corrected chi connectivity index (χ3v) is 1.90. The van der Waals surface area contributed by atoms with Crippen LogP contribution in [0, 0.1) is 0 Å². The predicted molar refractivity (Wildman–Crippen MR) is 61.2 cm³/mol. The molecule has 0 aromatic carbocycles. The summed E-state index contributed by atoms with van der Waals surface area (Å²) in [6, 6.07) is 6.82. The third kappa shape index (κ3) is 3.38. The highest BCUT2D eigenvalue weighted by Crippen LogP contribution is 1.89. The number of hydrogen-bond donors (Lipinski definition) is 0. The zero-order valence-electron chi connectivity index (χ0n) is 9.30. The van der Waals surface area contributed by atoms with Gasteiger partial charge in [0.25, 0.3) is 0 Å². The van der Waals surface area contributed by atoms with E-state index in [1.54, 1.807) is 49.1 Å². The van der Waals surface area contributed by atoms with Crippen molar-refractivity contribution in [3.8, 4) is 0 Å². The largest absolute Gasteiger partial charge is 0.356 e. The fraction of sp³-hybridized carbons (Fsp3) is 0. The first-order chi connectivity index (χ1) is 8.74. The molecule has 2 rings (SSSR count). The predicted octanol–water partition coefficient (Wildman–Crippen LogP) is 0.456. The Bertz CT molecular complexity index is 490. The third-order valence-electron chi connectivity index (χ3n) is 1.90. The summed E-state index contributed by atoms with van der Waals surface area (Å²) in [5.74, 6) is -1.34. The van der Waals surface area contributed by atoms with Gasteiger partial charge in [-0.15, -0.1) is 0 Å². The molecule has 0 aliphatic carbocycles. The van der Waals surface area contributed by atoms with Crippen molar-refractivity contribution in [2.45, 2.75) is 0 Å². The Morgan fingerprint density at radius 2 is 1.06 bits per heavy atom. The van der Waals surface area contributed by atoms with E-state index in [0.29, 0.717) is 0 Å². The van der Waals surface area contributed by atoms with Crippen LogP contribution < -0.4 is 9.68 Å². The van der Waals surface area contributed by atoms with Gasteiger partial charge in [-0.25, -0.2) is 9.59 Å². The molecule has 0 amide bonds. The van der Waals surface area contributed by atoms with Gasteiger partial charge in [-0.3, -0.25) is 0 Å². The molecule has 0 radical (unpaired) electrons. The lowest BCUT2D eigenvalue weighted by atomic mass is 10.5. The maximum absolute atomic E-state index is 11.3. The molecule has 6 nitrogen and oxygen atoms in total. The molecule has 2 heterocycles. The van der Waals surface area contributed by atoms with Gasteiger partial charge in [-0.1, -0.05) is 0 Å². The second-order valence-corrected chi connectivity index (χ2v) is 3.24. The van der Waals surface area contributed by atoms with Crippen LogP contribution in [-0.4, -0.2) is 21.4 Å². The SMILES string of the molecule is O=C(/C=C\C(=O)On1cccc1)On1cccc1. The van der Waals surface area contributed by atoms with Gasteiger partial charge in [0.05, 0.1) is 0 Å². The molecule has 0 spiro atoms. The molecule has 2 aromatic heterocycles. The second kappa shape index (κ2) is 5.53. The summed E-state index contributed by atoms with van der Waals surface area (Å²) in [5.41, 5.74) is 0. The van der Waals surface area contributed by atoms with Crippen LogP contribution in [0.4, 0.5) is 0 Å². The smallest absolute Gasteiger partial charge is 0.332 e. The van der Waals surface area contributed by atoms with Gasteiger partial charge < -0.3 is 9.68 Å². The van der Waals surface area contributed by atoms with Crippen LogP contribution in [0.5, 0.6) is 0 Å². The van der Waals surface area contributed by atoms with Crippen molar-refractivity contribution in [3.63, 3.8) is 0 Å². The molecule has 18 heavy (non-hydrogen) atoms. The van der Waals surface area contributed by atoms with E-state index in [1.807, 2.05) is 0 Å². The minimum atomic E-state index is -0.671. The van der Waals surface area contributed by atoms with E-state index in [4.69, 9.17) is 9.68 Å². The van der Waals surface area contributed by atoms with Crippen LogP contribution >= 0.6 is 0 Å². The molecule has 6 heteroatoms. The summed E-state index contributed by atoms with van der Waals surface area (Å²) in [6.07, 6.45) is 8.22. The minimum Gasteiger partial charge on any atom is -0.332 e. The fourth-order valence-corrected chi connectivity index (χ4v) is 1.16. The van der Waals surface area contributed by atoms with Crippen molar-refractivity contribution in [1.82, 2.24) is 9.46 Å². The molecule has 0 aliphatic rings.